The minimum atomic E-state index is -3.06. The number of anilines is 1. The number of benzene rings is 1. The first-order valence-electron chi connectivity index (χ1n) is 12.6. The van der Waals surface area contributed by atoms with E-state index in [1.807, 2.05) is 18.2 Å². The number of aryl methyl sites for hydroxylation is 1. The van der Waals surface area contributed by atoms with Gasteiger partial charge in [0.05, 0.1) is 40.7 Å². The molecule has 0 saturated carbocycles. The SMILES string of the molecule is CC(c1ccc2ncc(C(C)(F)F)nc2c1)N1C[C@H](C)N(c2cc(=O)n(C)c3cn(CC#N)nc23)C[C@H]1C. The van der Waals surface area contributed by atoms with E-state index >= 15 is 0 Å². The summed E-state index contributed by atoms with van der Waals surface area (Å²) in [6.45, 7) is 8.66. The van der Waals surface area contributed by atoms with E-state index in [9.17, 15) is 13.6 Å². The number of aromatic nitrogens is 5. The molecule has 4 aromatic rings. The monoisotopic (exact) mass is 520 g/mol. The number of alkyl halides is 2. The maximum atomic E-state index is 13.8. The van der Waals surface area contributed by atoms with Crippen LogP contribution in [0.3, 0.4) is 0 Å². The number of hydrogen-bond acceptors (Lipinski definition) is 7. The van der Waals surface area contributed by atoms with Crippen LogP contribution < -0.4 is 10.5 Å². The molecule has 1 aromatic carbocycles. The lowest BCUT2D eigenvalue weighted by atomic mass is 9.99. The fraction of sp³-hybridized carbons (Fsp3) is 0.444. The Morgan fingerprint density at radius 1 is 1.18 bits per heavy atom. The smallest absolute Gasteiger partial charge is 0.288 e. The van der Waals surface area contributed by atoms with Crippen LogP contribution in [-0.2, 0) is 19.5 Å². The van der Waals surface area contributed by atoms with Gasteiger partial charge in [0, 0.05) is 51.3 Å². The molecule has 1 saturated heterocycles. The molecule has 0 amide bonds. The normalized spacial score (nSPS) is 19.7. The van der Waals surface area contributed by atoms with Crippen molar-refractivity contribution in [1.29, 1.82) is 5.26 Å². The summed E-state index contributed by atoms with van der Waals surface area (Å²) in [6.07, 6.45) is 2.87. The van der Waals surface area contributed by atoms with E-state index in [1.165, 1.54) is 0 Å². The largest absolute Gasteiger partial charge is 0.364 e. The lowest BCUT2D eigenvalue weighted by molar-refractivity contribution is 0.0127. The van der Waals surface area contributed by atoms with Crippen molar-refractivity contribution in [1.82, 2.24) is 29.2 Å². The van der Waals surface area contributed by atoms with Crippen molar-refractivity contribution in [3.8, 4) is 6.07 Å². The first kappa shape index (κ1) is 25.7. The highest BCUT2D eigenvalue weighted by molar-refractivity contribution is 5.88. The molecule has 198 valence electrons. The van der Waals surface area contributed by atoms with Crippen molar-refractivity contribution in [3.63, 3.8) is 0 Å². The van der Waals surface area contributed by atoms with Crippen molar-refractivity contribution >= 4 is 27.8 Å². The summed E-state index contributed by atoms with van der Waals surface area (Å²) in [5.41, 5.74) is 3.67. The lowest BCUT2D eigenvalue weighted by Crippen LogP contribution is -2.57. The molecule has 0 radical (unpaired) electrons. The number of pyridine rings is 1. The quantitative estimate of drug-likeness (QED) is 0.393. The zero-order valence-electron chi connectivity index (χ0n) is 22.1. The maximum absolute atomic E-state index is 13.8. The average molecular weight is 521 g/mol. The molecule has 0 spiro atoms. The standard InChI is InChI=1S/C27H30F2N8O/c1-16-14-37(22-11-25(38)34(5)23-15-35(9-8-30)33-26(22)23)17(2)13-36(16)18(3)19-6-7-20-21(10-19)32-24(12-31-20)27(4,28)29/h6-7,10-12,15-18H,9,13-14H2,1-5H3/t16-,17+,18?/m1/s1. The average Bonchev–Trinajstić information content (AvgIpc) is 3.30. The van der Waals surface area contributed by atoms with Crippen molar-refractivity contribution in [3.05, 3.63) is 58.3 Å². The predicted molar refractivity (Wildman–Crippen MR) is 141 cm³/mol. The van der Waals surface area contributed by atoms with Crippen LogP contribution in [0.1, 0.15) is 45.0 Å². The molecule has 1 aliphatic heterocycles. The number of nitrogens with zero attached hydrogens (tertiary/aromatic N) is 8. The van der Waals surface area contributed by atoms with Gasteiger partial charge in [-0.25, -0.2) is 4.98 Å². The van der Waals surface area contributed by atoms with Crippen LogP contribution in [-0.4, -0.2) is 54.4 Å². The van der Waals surface area contributed by atoms with E-state index in [2.05, 4.69) is 51.7 Å². The summed E-state index contributed by atoms with van der Waals surface area (Å²) in [5.74, 6) is -3.06. The Balaban J connectivity index is 1.44. The molecule has 1 aliphatic rings. The second-order valence-electron chi connectivity index (χ2n) is 10.3. The molecule has 11 heteroatoms. The summed E-state index contributed by atoms with van der Waals surface area (Å²) in [4.78, 5) is 25.7. The Labute approximate surface area is 218 Å². The number of halogens is 2. The molecule has 4 heterocycles. The molecule has 0 N–H and O–H groups in total. The van der Waals surface area contributed by atoms with Crippen LogP contribution in [0.4, 0.5) is 14.5 Å². The third-order valence-electron chi connectivity index (χ3n) is 7.51. The third-order valence-corrected chi connectivity index (χ3v) is 7.51. The fourth-order valence-corrected chi connectivity index (χ4v) is 5.33. The summed E-state index contributed by atoms with van der Waals surface area (Å²) in [7, 11) is 1.71. The van der Waals surface area contributed by atoms with E-state index in [4.69, 9.17) is 5.26 Å². The molecule has 38 heavy (non-hydrogen) atoms. The zero-order chi connectivity index (χ0) is 27.4. The van der Waals surface area contributed by atoms with Crippen molar-refractivity contribution in [2.45, 2.75) is 58.3 Å². The van der Waals surface area contributed by atoms with Crippen LogP contribution >= 0.6 is 0 Å². The number of rotatable bonds is 5. The molecular formula is C27H30F2N8O. The molecule has 0 bridgehead atoms. The van der Waals surface area contributed by atoms with Crippen LogP contribution in [0.25, 0.3) is 22.1 Å². The highest BCUT2D eigenvalue weighted by Crippen LogP contribution is 2.33. The second-order valence-corrected chi connectivity index (χ2v) is 10.3. The van der Waals surface area contributed by atoms with E-state index in [0.717, 1.165) is 24.4 Å². The van der Waals surface area contributed by atoms with Gasteiger partial charge in [-0.15, -0.1) is 0 Å². The molecule has 9 nitrogen and oxygen atoms in total. The third kappa shape index (κ3) is 4.49. The van der Waals surface area contributed by atoms with Crippen LogP contribution in [0.2, 0.25) is 0 Å². The number of fused-ring (bicyclic) bond motifs is 2. The molecule has 5 rings (SSSR count). The summed E-state index contributed by atoms with van der Waals surface area (Å²) in [5, 5.41) is 13.7. The van der Waals surface area contributed by atoms with Crippen molar-refractivity contribution in [2.75, 3.05) is 18.0 Å². The Morgan fingerprint density at radius 3 is 2.66 bits per heavy atom. The fourth-order valence-electron chi connectivity index (χ4n) is 5.33. The van der Waals surface area contributed by atoms with Gasteiger partial charge >= 0.3 is 0 Å². The first-order valence-corrected chi connectivity index (χ1v) is 12.6. The lowest BCUT2D eigenvalue weighted by Gasteiger charge is -2.47. The Kier molecular flexibility index (Phi) is 6.39. The van der Waals surface area contributed by atoms with Gasteiger partial charge in [0.25, 0.3) is 11.5 Å². The summed E-state index contributed by atoms with van der Waals surface area (Å²) in [6, 6.07) is 9.55. The molecular weight excluding hydrogens is 490 g/mol. The topological polar surface area (TPSA) is 95.9 Å². The Morgan fingerprint density at radius 2 is 1.95 bits per heavy atom. The van der Waals surface area contributed by atoms with E-state index in [-0.39, 0.29) is 35.9 Å². The predicted octanol–water partition coefficient (Wildman–Crippen LogP) is 3.97. The highest BCUT2D eigenvalue weighted by Gasteiger charge is 2.34. The van der Waals surface area contributed by atoms with E-state index < -0.39 is 5.92 Å². The van der Waals surface area contributed by atoms with Gasteiger partial charge in [-0.2, -0.15) is 19.1 Å². The van der Waals surface area contributed by atoms with Gasteiger partial charge in [0.15, 0.2) is 0 Å². The first-order chi connectivity index (χ1) is 18.0. The van der Waals surface area contributed by atoms with Crippen molar-refractivity contribution in [2.24, 2.45) is 7.05 Å². The summed E-state index contributed by atoms with van der Waals surface area (Å²) >= 11 is 0. The molecule has 3 aromatic heterocycles. The summed E-state index contributed by atoms with van der Waals surface area (Å²) < 4.78 is 30.8. The van der Waals surface area contributed by atoms with Gasteiger partial charge in [-0.3, -0.25) is 19.4 Å². The minimum absolute atomic E-state index is 0.00471. The molecule has 1 unspecified atom stereocenters. The van der Waals surface area contributed by atoms with E-state index in [1.54, 1.807) is 28.6 Å². The van der Waals surface area contributed by atoms with Crippen LogP contribution in [0.15, 0.2) is 41.5 Å². The van der Waals surface area contributed by atoms with Crippen LogP contribution in [0.5, 0.6) is 0 Å². The van der Waals surface area contributed by atoms with Gasteiger partial charge in [-0.1, -0.05) is 6.07 Å². The van der Waals surface area contributed by atoms with Gasteiger partial charge < -0.3 is 9.47 Å². The number of nitriles is 1. The molecule has 3 atom stereocenters. The van der Waals surface area contributed by atoms with Crippen molar-refractivity contribution < 1.29 is 8.78 Å². The minimum Gasteiger partial charge on any atom is -0.364 e. The number of piperazine rings is 1. The zero-order valence-corrected chi connectivity index (χ0v) is 22.1. The van der Waals surface area contributed by atoms with Gasteiger partial charge in [-0.05, 0) is 38.5 Å². The maximum Gasteiger partial charge on any atom is 0.288 e. The van der Waals surface area contributed by atoms with E-state index in [0.29, 0.717) is 35.2 Å². The van der Waals surface area contributed by atoms with Crippen LogP contribution in [0, 0.1) is 11.3 Å². The molecule has 1 fully saturated rings. The highest BCUT2D eigenvalue weighted by atomic mass is 19.3. The van der Waals surface area contributed by atoms with Gasteiger partial charge in [0.1, 0.15) is 17.8 Å². The Bertz CT molecular complexity index is 1620. The molecule has 0 aliphatic carbocycles. The Hall–Kier alpha value is -3.91. The second kappa shape index (κ2) is 9.44. The van der Waals surface area contributed by atoms with Gasteiger partial charge in [0.2, 0.25) is 0 Å². The number of hydrogen-bond donors (Lipinski definition) is 0.